The summed E-state index contributed by atoms with van der Waals surface area (Å²) in [7, 11) is -9.89. The Bertz CT molecular complexity index is 1680. The molecule has 0 amide bonds. The summed E-state index contributed by atoms with van der Waals surface area (Å²) < 4.78 is 68.0. The zero-order chi connectivity index (χ0) is 62.5. The molecule has 0 aromatic rings. The highest BCUT2D eigenvalue weighted by atomic mass is 31.2. The van der Waals surface area contributed by atoms with Crippen LogP contribution in [0.4, 0.5) is 0 Å². The lowest BCUT2D eigenvalue weighted by atomic mass is 10.0. The number of aliphatic hydroxyl groups excluding tert-OH is 1. The van der Waals surface area contributed by atoms with Crippen molar-refractivity contribution in [1.29, 1.82) is 0 Å². The minimum Gasteiger partial charge on any atom is -0.462 e. The van der Waals surface area contributed by atoms with Gasteiger partial charge in [-0.15, -0.1) is 0 Å². The van der Waals surface area contributed by atoms with Crippen LogP contribution in [0.25, 0.3) is 0 Å². The first kappa shape index (κ1) is 82.1. The molecule has 0 aliphatic rings. The second-order valence-electron chi connectivity index (χ2n) is 25.4. The van der Waals surface area contributed by atoms with E-state index < -0.39 is 97.5 Å². The molecule has 0 aliphatic carbocycles. The van der Waals surface area contributed by atoms with Crippen LogP contribution in [0.1, 0.15) is 312 Å². The number of phosphoric ester groups is 2. The Labute approximate surface area is 511 Å². The lowest BCUT2D eigenvalue weighted by molar-refractivity contribution is -0.161. The van der Waals surface area contributed by atoms with Crippen molar-refractivity contribution < 1.29 is 80.2 Å². The molecule has 0 aromatic carbocycles. The number of esters is 4. The van der Waals surface area contributed by atoms with Crippen LogP contribution < -0.4 is 0 Å². The Morgan fingerprint density at radius 2 is 0.500 bits per heavy atom. The normalized spacial score (nSPS) is 14.4. The molecular weight excluding hydrogens is 1110 g/mol. The van der Waals surface area contributed by atoms with Crippen molar-refractivity contribution in [2.75, 3.05) is 39.6 Å². The van der Waals surface area contributed by atoms with Crippen LogP contribution in [-0.4, -0.2) is 96.7 Å². The summed E-state index contributed by atoms with van der Waals surface area (Å²) in [6.45, 7) is 13.9. The van der Waals surface area contributed by atoms with Crippen LogP contribution in [0, 0.1) is 23.7 Å². The first-order valence-electron chi connectivity index (χ1n) is 33.7. The smallest absolute Gasteiger partial charge is 0.462 e. The molecule has 84 heavy (non-hydrogen) atoms. The van der Waals surface area contributed by atoms with Gasteiger partial charge in [-0.25, -0.2) is 9.13 Å². The molecule has 0 bridgehead atoms. The number of ether oxygens (including phenoxy) is 4. The van der Waals surface area contributed by atoms with E-state index in [9.17, 15) is 43.2 Å². The van der Waals surface area contributed by atoms with Crippen molar-refractivity contribution in [1.82, 2.24) is 0 Å². The Hall–Kier alpha value is -1.94. The molecule has 5 atom stereocenters. The fraction of sp³-hybridized carbons (Fsp3) is 0.938. The Morgan fingerprint density at radius 3 is 0.738 bits per heavy atom. The van der Waals surface area contributed by atoms with Gasteiger partial charge in [0.1, 0.15) is 19.3 Å². The average Bonchev–Trinajstić information content (AvgIpc) is 3.47. The highest BCUT2D eigenvalue weighted by molar-refractivity contribution is 7.47. The maximum Gasteiger partial charge on any atom is 0.472 e. The summed E-state index contributed by atoms with van der Waals surface area (Å²) in [6, 6.07) is 0. The molecule has 17 nitrogen and oxygen atoms in total. The molecule has 19 heteroatoms. The third-order valence-corrected chi connectivity index (χ3v) is 16.7. The van der Waals surface area contributed by atoms with Crippen LogP contribution in [0.3, 0.4) is 0 Å². The molecule has 0 heterocycles. The van der Waals surface area contributed by atoms with Crippen molar-refractivity contribution in [2.24, 2.45) is 23.7 Å². The summed E-state index contributed by atoms with van der Waals surface area (Å²) in [4.78, 5) is 72.2. The highest BCUT2D eigenvalue weighted by Gasteiger charge is 2.30. The third kappa shape index (κ3) is 59.0. The van der Waals surface area contributed by atoms with Crippen molar-refractivity contribution in [3.63, 3.8) is 0 Å². The molecule has 498 valence electrons. The Morgan fingerprint density at radius 1 is 0.298 bits per heavy atom. The predicted molar refractivity (Wildman–Crippen MR) is 335 cm³/mol. The van der Waals surface area contributed by atoms with Crippen molar-refractivity contribution >= 4 is 39.5 Å². The maximum absolute atomic E-state index is 13.0. The van der Waals surface area contributed by atoms with Crippen LogP contribution in [0.2, 0.25) is 0 Å². The summed E-state index contributed by atoms with van der Waals surface area (Å²) in [5.74, 6) is 0.727. The number of phosphoric acid groups is 2. The monoisotopic (exact) mass is 1240 g/mol. The standard InChI is InChI=1S/C65H126O17P2/c1-55(2)41-33-25-17-12-10-9-11-13-21-29-37-45-62(67)75-51-60(81-64(69)47-39-31-23-15-19-27-35-43-57(5)6)53-79-83(71,72)77-49-59(66)50-78-84(73,74)80-54-61(82-65(70)48-40-32-24-16-20-28-36-44-58(7)8)52-76-63(68)46-38-30-22-14-18-26-34-42-56(3)4/h55-61,66H,9-54H2,1-8H3,(H,71,72)(H,73,74)/t59?,60-,61-/m1/s1. The molecule has 0 aliphatic heterocycles. The maximum atomic E-state index is 13.0. The number of hydrogen-bond acceptors (Lipinski definition) is 15. The fourth-order valence-electron chi connectivity index (χ4n) is 9.61. The van der Waals surface area contributed by atoms with E-state index in [1.54, 1.807) is 0 Å². The molecular formula is C65H126O17P2. The SMILES string of the molecule is CC(C)CCCCCCCCCCCCCC(=O)OC[C@H](COP(=O)(O)OCC(O)COP(=O)(O)OC[C@@H](COC(=O)CCCCCCCCCC(C)C)OC(=O)CCCCCCCCCC(C)C)OC(=O)CCCCCCCCCC(C)C. The van der Waals surface area contributed by atoms with Gasteiger partial charge in [-0.1, -0.05) is 261 Å². The molecule has 0 radical (unpaired) electrons. The molecule has 0 rings (SSSR count). The molecule has 0 saturated carbocycles. The topological polar surface area (TPSA) is 237 Å². The number of carbonyl (C=O) groups excluding carboxylic acids is 4. The largest absolute Gasteiger partial charge is 0.472 e. The van der Waals surface area contributed by atoms with Crippen LogP contribution in [0.5, 0.6) is 0 Å². The van der Waals surface area contributed by atoms with Gasteiger partial charge in [0, 0.05) is 25.7 Å². The van der Waals surface area contributed by atoms with E-state index in [4.69, 9.17) is 37.0 Å². The average molecular weight is 1240 g/mol. The minimum atomic E-state index is -4.95. The highest BCUT2D eigenvalue weighted by Crippen LogP contribution is 2.45. The lowest BCUT2D eigenvalue weighted by Gasteiger charge is -2.21. The van der Waals surface area contributed by atoms with Gasteiger partial charge in [0.05, 0.1) is 26.4 Å². The van der Waals surface area contributed by atoms with E-state index in [1.165, 1.54) is 109 Å². The van der Waals surface area contributed by atoms with Crippen LogP contribution in [-0.2, 0) is 65.4 Å². The Balaban J connectivity index is 5.23. The number of hydrogen-bond donors (Lipinski definition) is 3. The zero-order valence-corrected chi connectivity index (χ0v) is 56.3. The third-order valence-electron chi connectivity index (χ3n) is 14.8. The summed E-state index contributed by atoms with van der Waals surface area (Å²) in [5.41, 5.74) is 0. The van der Waals surface area contributed by atoms with Gasteiger partial charge in [-0.3, -0.25) is 37.3 Å². The lowest BCUT2D eigenvalue weighted by Crippen LogP contribution is -2.30. The second kappa shape index (κ2) is 55.2. The van der Waals surface area contributed by atoms with Gasteiger partial charge >= 0.3 is 39.5 Å². The minimum absolute atomic E-state index is 0.102. The van der Waals surface area contributed by atoms with Crippen molar-refractivity contribution in [2.45, 2.75) is 331 Å². The van der Waals surface area contributed by atoms with Gasteiger partial charge in [-0.2, -0.15) is 0 Å². The summed E-state index contributed by atoms with van der Waals surface area (Å²) in [6.07, 6.45) is 35.1. The number of rotatable bonds is 62. The van der Waals surface area contributed by atoms with Crippen molar-refractivity contribution in [3.05, 3.63) is 0 Å². The van der Waals surface area contributed by atoms with Gasteiger partial charge < -0.3 is 33.8 Å². The van der Waals surface area contributed by atoms with Crippen LogP contribution in [0.15, 0.2) is 0 Å². The first-order chi connectivity index (χ1) is 40.1. The van der Waals surface area contributed by atoms with Crippen molar-refractivity contribution in [3.8, 4) is 0 Å². The fourth-order valence-corrected chi connectivity index (χ4v) is 11.2. The predicted octanol–water partition coefficient (Wildman–Crippen LogP) is 17.8. The van der Waals surface area contributed by atoms with Crippen LogP contribution >= 0.6 is 15.6 Å². The molecule has 0 fully saturated rings. The first-order valence-corrected chi connectivity index (χ1v) is 36.7. The number of carbonyl (C=O) groups is 4. The molecule has 0 aromatic heterocycles. The van der Waals surface area contributed by atoms with E-state index >= 15 is 0 Å². The zero-order valence-electron chi connectivity index (χ0n) is 54.5. The van der Waals surface area contributed by atoms with E-state index in [2.05, 4.69) is 55.4 Å². The molecule has 0 spiro atoms. The van der Waals surface area contributed by atoms with E-state index in [1.807, 2.05) is 0 Å². The van der Waals surface area contributed by atoms with E-state index in [0.717, 1.165) is 102 Å². The van der Waals surface area contributed by atoms with E-state index in [-0.39, 0.29) is 25.7 Å². The molecule has 0 saturated heterocycles. The van der Waals surface area contributed by atoms with Gasteiger partial charge in [0.25, 0.3) is 0 Å². The summed E-state index contributed by atoms with van der Waals surface area (Å²) >= 11 is 0. The van der Waals surface area contributed by atoms with E-state index in [0.29, 0.717) is 43.4 Å². The van der Waals surface area contributed by atoms with Gasteiger partial charge in [0.15, 0.2) is 12.2 Å². The second-order valence-corrected chi connectivity index (χ2v) is 28.3. The number of unbranched alkanes of at least 4 members (excludes halogenated alkanes) is 28. The Kier molecular flexibility index (Phi) is 53.9. The molecule has 3 unspecified atom stereocenters. The number of aliphatic hydroxyl groups is 1. The van der Waals surface area contributed by atoms with Gasteiger partial charge in [-0.05, 0) is 49.4 Å². The quantitative estimate of drug-likeness (QED) is 0.0222. The van der Waals surface area contributed by atoms with Gasteiger partial charge in [0.2, 0.25) is 0 Å². The summed E-state index contributed by atoms with van der Waals surface area (Å²) in [5, 5.41) is 10.5. The molecule has 3 N–H and O–H groups in total.